The first-order valence-electron chi connectivity index (χ1n) is 4.63. The fourth-order valence-electron chi connectivity index (χ4n) is 1.47. The fourth-order valence-corrected chi connectivity index (χ4v) is 1.75. The number of hydrogen-bond acceptors (Lipinski definition) is 2. The molecular formula is C11H12ClNO. The highest BCUT2D eigenvalue weighted by Gasteiger charge is 2.27. The lowest BCUT2D eigenvalue weighted by Gasteiger charge is -2.29. The Labute approximate surface area is 88.5 Å². The van der Waals surface area contributed by atoms with E-state index in [1.54, 1.807) is 0 Å². The quantitative estimate of drug-likeness (QED) is 0.597. The first-order chi connectivity index (χ1) is 6.73. The topological polar surface area (TPSA) is 21.3 Å². The van der Waals surface area contributed by atoms with Gasteiger partial charge in [0, 0.05) is 12.3 Å². The summed E-state index contributed by atoms with van der Waals surface area (Å²) in [6.07, 6.45) is 3.79. The van der Waals surface area contributed by atoms with Crippen molar-refractivity contribution >= 4 is 23.4 Å². The van der Waals surface area contributed by atoms with E-state index in [4.69, 9.17) is 16.3 Å². The number of benzene rings is 1. The van der Waals surface area contributed by atoms with E-state index < -0.39 is 5.18 Å². The van der Waals surface area contributed by atoms with Crippen molar-refractivity contribution in [2.45, 2.75) is 12.1 Å². The molecule has 0 spiro atoms. The molecule has 2 nitrogen and oxygen atoms in total. The molecule has 1 aliphatic rings. The number of nitrogens with one attached hydrogen (secondary N) is 1. The van der Waals surface area contributed by atoms with Crippen LogP contribution in [0.3, 0.4) is 0 Å². The molecule has 0 fully saturated rings. The van der Waals surface area contributed by atoms with Gasteiger partial charge in [0.2, 0.25) is 5.18 Å². The molecule has 1 aliphatic heterocycles. The zero-order valence-corrected chi connectivity index (χ0v) is 8.71. The lowest BCUT2D eigenvalue weighted by Crippen LogP contribution is -2.34. The Morgan fingerprint density at radius 3 is 3.00 bits per heavy atom. The molecule has 1 aromatic carbocycles. The van der Waals surface area contributed by atoms with E-state index in [9.17, 15) is 0 Å². The second-order valence-corrected chi connectivity index (χ2v) is 3.69. The minimum Gasteiger partial charge on any atom is -0.341 e. The molecule has 0 amide bonds. The van der Waals surface area contributed by atoms with Crippen molar-refractivity contribution in [3.05, 3.63) is 35.9 Å². The summed E-state index contributed by atoms with van der Waals surface area (Å²) < 4.78 is 5.39. The second-order valence-electron chi connectivity index (χ2n) is 3.12. The van der Waals surface area contributed by atoms with E-state index >= 15 is 0 Å². The summed E-state index contributed by atoms with van der Waals surface area (Å²) in [4.78, 5) is 0. The number of halogens is 1. The third kappa shape index (κ3) is 1.76. The highest BCUT2D eigenvalue weighted by Crippen LogP contribution is 2.31. The van der Waals surface area contributed by atoms with Crippen LogP contribution in [0.15, 0.2) is 30.3 Å². The van der Waals surface area contributed by atoms with Gasteiger partial charge in [0.05, 0.1) is 0 Å². The third-order valence-corrected chi connectivity index (χ3v) is 2.43. The van der Waals surface area contributed by atoms with Gasteiger partial charge in [-0.25, -0.2) is 0 Å². The SMILES string of the molecule is CCOC1(Cl)C=Cc2ccccc2N1. The number of ether oxygens (including phenoxy) is 1. The van der Waals surface area contributed by atoms with Gasteiger partial charge in [0.25, 0.3) is 0 Å². The first kappa shape index (κ1) is 9.56. The average Bonchev–Trinajstić information content (AvgIpc) is 2.17. The van der Waals surface area contributed by atoms with Crippen LogP contribution in [0.1, 0.15) is 12.5 Å². The van der Waals surface area contributed by atoms with Crippen molar-refractivity contribution in [2.24, 2.45) is 0 Å². The highest BCUT2D eigenvalue weighted by atomic mass is 35.5. The van der Waals surface area contributed by atoms with Crippen molar-refractivity contribution in [1.29, 1.82) is 0 Å². The van der Waals surface area contributed by atoms with Crippen LogP contribution in [-0.2, 0) is 4.74 Å². The maximum absolute atomic E-state index is 6.18. The van der Waals surface area contributed by atoms with Gasteiger partial charge in [-0.3, -0.25) is 0 Å². The smallest absolute Gasteiger partial charge is 0.237 e. The van der Waals surface area contributed by atoms with Crippen LogP contribution < -0.4 is 5.32 Å². The summed E-state index contributed by atoms with van der Waals surface area (Å²) in [5, 5.41) is 2.24. The van der Waals surface area contributed by atoms with E-state index in [0.29, 0.717) is 6.61 Å². The molecule has 1 N–H and O–H groups in total. The Morgan fingerprint density at radius 2 is 2.21 bits per heavy atom. The normalized spacial score (nSPS) is 24.1. The Kier molecular flexibility index (Phi) is 2.48. The predicted octanol–water partition coefficient (Wildman–Crippen LogP) is 3.05. The number of fused-ring (bicyclic) bond motifs is 1. The van der Waals surface area contributed by atoms with Gasteiger partial charge in [-0.05, 0) is 24.6 Å². The summed E-state index contributed by atoms with van der Waals surface area (Å²) in [5.74, 6) is 0. The molecule has 1 atom stereocenters. The van der Waals surface area contributed by atoms with Crippen molar-refractivity contribution in [1.82, 2.24) is 0 Å². The van der Waals surface area contributed by atoms with Crippen LogP contribution >= 0.6 is 11.6 Å². The van der Waals surface area contributed by atoms with Gasteiger partial charge in [-0.1, -0.05) is 35.9 Å². The Morgan fingerprint density at radius 1 is 1.43 bits per heavy atom. The number of rotatable bonds is 2. The van der Waals surface area contributed by atoms with Crippen LogP contribution in [0.25, 0.3) is 6.08 Å². The van der Waals surface area contributed by atoms with Crippen LogP contribution in [0, 0.1) is 0 Å². The van der Waals surface area contributed by atoms with Crippen LogP contribution in [-0.4, -0.2) is 11.8 Å². The Balaban J connectivity index is 2.29. The van der Waals surface area contributed by atoms with Crippen LogP contribution in [0.5, 0.6) is 0 Å². The molecule has 0 radical (unpaired) electrons. The molecule has 14 heavy (non-hydrogen) atoms. The minimum atomic E-state index is -0.886. The number of para-hydroxylation sites is 1. The first-order valence-corrected chi connectivity index (χ1v) is 5.00. The Hall–Kier alpha value is -0.990. The molecule has 0 bridgehead atoms. The predicted molar refractivity (Wildman–Crippen MR) is 59.3 cm³/mol. The molecular weight excluding hydrogens is 198 g/mol. The lowest BCUT2D eigenvalue weighted by molar-refractivity contribution is 0.0839. The van der Waals surface area contributed by atoms with Gasteiger partial charge < -0.3 is 10.1 Å². The monoisotopic (exact) mass is 209 g/mol. The van der Waals surface area contributed by atoms with Gasteiger partial charge in [0.15, 0.2) is 0 Å². The summed E-state index contributed by atoms with van der Waals surface area (Å²) in [7, 11) is 0. The number of anilines is 1. The standard InChI is InChI=1S/C11H12ClNO/c1-2-14-11(12)8-7-9-5-3-4-6-10(9)13-11/h3-8,13H,2H2,1H3. The second kappa shape index (κ2) is 3.64. The average molecular weight is 210 g/mol. The van der Waals surface area contributed by atoms with Gasteiger partial charge in [-0.2, -0.15) is 0 Å². The zero-order chi connectivity index (χ0) is 10.0. The van der Waals surface area contributed by atoms with Crippen molar-refractivity contribution in [3.63, 3.8) is 0 Å². The minimum absolute atomic E-state index is 0.572. The van der Waals surface area contributed by atoms with Crippen molar-refractivity contribution < 1.29 is 4.74 Å². The van der Waals surface area contributed by atoms with E-state index in [2.05, 4.69) is 5.32 Å². The molecule has 74 valence electrons. The van der Waals surface area contributed by atoms with Crippen molar-refractivity contribution in [3.8, 4) is 0 Å². The molecule has 1 unspecified atom stereocenters. The summed E-state index contributed by atoms with van der Waals surface area (Å²) in [5.41, 5.74) is 2.13. The largest absolute Gasteiger partial charge is 0.341 e. The number of hydrogen-bond donors (Lipinski definition) is 1. The molecule has 0 saturated carbocycles. The van der Waals surface area contributed by atoms with Gasteiger partial charge in [-0.15, -0.1) is 0 Å². The third-order valence-electron chi connectivity index (χ3n) is 2.10. The maximum atomic E-state index is 6.18. The molecule has 0 aliphatic carbocycles. The molecule has 3 heteroatoms. The van der Waals surface area contributed by atoms with E-state index in [1.165, 1.54) is 0 Å². The lowest BCUT2D eigenvalue weighted by atomic mass is 10.1. The van der Waals surface area contributed by atoms with Crippen LogP contribution in [0.2, 0.25) is 0 Å². The van der Waals surface area contributed by atoms with Crippen LogP contribution in [0.4, 0.5) is 5.69 Å². The number of alkyl halides is 1. The maximum Gasteiger partial charge on any atom is 0.237 e. The summed E-state index contributed by atoms with van der Waals surface area (Å²) in [6.45, 7) is 2.49. The summed E-state index contributed by atoms with van der Waals surface area (Å²) >= 11 is 6.18. The molecule has 1 aromatic rings. The van der Waals surface area contributed by atoms with E-state index in [-0.39, 0.29) is 0 Å². The van der Waals surface area contributed by atoms with E-state index in [1.807, 2.05) is 43.3 Å². The van der Waals surface area contributed by atoms with Gasteiger partial charge >= 0.3 is 0 Å². The van der Waals surface area contributed by atoms with Crippen molar-refractivity contribution in [2.75, 3.05) is 11.9 Å². The fraction of sp³-hybridized carbons (Fsp3) is 0.273. The molecule has 0 saturated heterocycles. The molecule has 1 heterocycles. The summed E-state index contributed by atoms with van der Waals surface area (Å²) in [6, 6.07) is 7.97. The molecule has 2 rings (SSSR count). The van der Waals surface area contributed by atoms with Gasteiger partial charge in [0.1, 0.15) is 0 Å². The highest BCUT2D eigenvalue weighted by molar-refractivity contribution is 6.26. The molecule has 0 aromatic heterocycles. The zero-order valence-electron chi connectivity index (χ0n) is 7.96. The van der Waals surface area contributed by atoms with E-state index in [0.717, 1.165) is 11.3 Å². The Bertz CT molecular complexity index is 364.